The van der Waals surface area contributed by atoms with Gasteiger partial charge in [-0.3, -0.25) is 0 Å². The van der Waals surface area contributed by atoms with Crippen molar-refractivity contribution in [3.8, 4) is 0 Å². The Morgan fingerprint density at radius 1 is 1.48 bits per heavy atom. The third-order valence-electron chi connectivity index (χ3n) is 3.91. The van der Waals surface area contributed by atoms with Gasteiger partial charge in [0.1, 0.15) is 11.2 Å². The van der Waals surface area contributed by atoms with E-state index in [1.807, 2.05) is 27.7 Å². The SMILES string of the molecule is CC(O[C@@H]1CCNC1)c1c(C(=O)OC(C)(C)C)cnc2cc(Cl)nn12. The van der Waals surface area contributed by atoms with E-state index in [0.29, 0.717) is 22.1 Å². The van der Waals surface area contributed by atoms with Gasteiger partial charge in [0.2, 0.25) is 0 Å². The fourth-order valence-electron chi connectivity index (χ4n) is 2.90. The van der Waals surface area contributed by atoms with Crippen molar-refractivity contribution in [3.63, 3.8) is 0 Å². The highest BCUT2D eigenvalue weighted by molar-refractivity contribution is 6.29. The number of nitrogens with zero attached hydrogens (tertiary/aromatic N) is 3. The Balaban J connectivity index is 2.01. The second-order valence-electron chi connectivity index (χ2n) is 7.19. The van der Waals surface area contributed by atoms with Gasteiger partial charge in [0, 0.05) is 18.8 Å². The minimum atomic E-state index is -0.607. The van der Waals surface area contributed by atoms with E-state index in [0.717, 1.165) is 19.5 Å². The van der Waals surface area contributed by atoms with Crippen LogP contribution in [0.1, 0.15) is 56.3 Å². The molecule has 1 aliphatic heterocycles. The lowest BCUT2D eigenvalue weighted by atomic mass is 10.1. The maximum absolute atomic E-state index is 12.7. The van der Waals surface area contributed by atoms with Crippen LogP contribution < -0.4 is 5.32 Å². The number of fused-ring (bicyclic) bond motifs is 1. The molecule has 0 radical (unpaired) electrons. The van der Waals surface area contributed by atoms with E-state index in [4.69, 9.17) is 21.1 Å². The van der Waals surface area contributed by atoms with Gasteiger partial charge in [0.15, 0.2) is 10.8 Å². The molecule has 25 heavy (non-hydrogen) atoms. The van der Waals surface area contributed by atoms with Crippen molar-refractivity contribution in [2.24, 2.45) is 0 Å². The monoisotopic (exact) mass is 366 g/mol. The quantitative estimate of drug-likeness (QED) is 0.838. The molecule has 1 saturated heterocycles. The summed E-state index contributed by atoms with van der Waals surface area (Å²) in [6.45, 7) is 9.09. The van der Waals surface area contributed by atoms with E-state index >= 15 is 0 Å². The summed E-state index contributed by atoms with van der Waals surface area (Å²) in [5.41, 5.74) is 0.885. The first kappa shape index (κ1) is 18.1. The van der Waals surface area contributed by atoms with Gasteiger partial charge < -0.3 is 14.8 Å². The number of aromatic nitrogens is 3. The third-order valence-corrected chi connectivity index (χ3v) is 4.09. The Labute approximate surface area is 151 Å². The fraction of sp³-hybridized carbons (Fsp3) is 0.588. The standard InChI is InChI=1S/C17H23ClN4O3/c1-10(24-11-5-6-19-8-11)15-12(16(23)25-17(2,3)4)9-20-14-7-13(18)21-22(14)15/h7,9-11,19H,5-6,8H2,1-4H3/t10?,11-/m1/s1. The van der Waals surface area contributed by atoms with Crippen molar-refractivity contribution >= 4 is 23.2 Å². The summed E-state index contributed by atoms with van der Waals surface area (Å²) in [6, 6.07) is 1.65. The molecule has 2 atom stereocenters. The number of esters is 1. The highest BCUT2D eigenvalue weighted by atomic mass is 35.5. The Morgan fingerprint density at radius 2 is 2.24 bits per heavy atom. The predicted octanol–water partition coefficient (Wildman–Crippen LogP) is 2.78. The van der Waals surface area contributed by atoms with Gasteiger partial charge in [0.05, 0.1) is 17.9 Å². The van der Waals surface area contributed by atoms with Crippen LogP contribution in [-0.2, 0) is 9.47 Å². The molecule has 0 aliphatic carbocycles. The highest BCUT2D eigenvalue weighted by Crippen LogP contribution is 2.27. The number of rotatable bonds is 4. The normalized spacial score (nSPS) is 19.3. The number of hydrogen-bond acceptors (Lipinski definition) is 6. The number of carbonyl (C=O) groups is 1. The number of nitrogens with one attached hydrogen (secondary N) is 1. The average Bonchev–Trinajstić information content (AvgIpc) is 3.12. The minimum absolute atomic E-state index is 0.0933. The molecular weight excluding hydrogens is 344 g/mol. The zero-order chi connectivity index (χ0) is 18.2. The molecule has 1 unspecified atom stereocenters. The first-order chi connectivity index (χ1) is 11.7. The van der Waals surface area contributed by atoms with E-state index < -0.39 is 11.6 Å². The van der Waals surface area contributed by atoms with Crippen molar-refractivity contribution in [1.29, 1.82) is 0 Å². The van der Waals surface area contributed by atoms with Gasteiger partial charge in [-0.05, 0) is 40.7 Å². The van der Waals surface area contributed by atoms with Gasteiger partial charge in [-0.15, -0.1) is 0 Å². The number of halogens is 1. The summed E-state index contributed by atoms with van der Waals surface area (Å²) in [5.74, 6) is -0.455. The lowest BCUT2D eigenvalue weighted by Gasteiger charge is -2.23. The lowest BCUT2D eigenvalue weighted by Crippen LogP contribution is -2.27. The topological polar surface area (TPSA) is 77.8 Å². The van der Waals surface area contributed by atoms with Crippen molar-refractivity contribution in [1.82, 2.24) is 19.9 Å². The van der Waals surface area contributed by atoms with Crippen LogP contribution in [0.3, 0.4) is 0 Å². The van der Waals surface area contributed by atoms with Gasteiger partial charge in [0.25, 0.3) is 0 Å². The van der Waals surface area contributed by atoms with E-state index in [9.17, 15) is 4.79 Å². The Kier molecular flexibility index (Phi) is 4.99. The number of ether oxygens (including phenoxy) is 2. The third kappa shape index (κ3) is 4.11. The molecule has 2 aromatic heterocycles. The molecule has 3 rings (SSSR count). The molecule has 7 nitrogen and oxygen atoms in total. The van der Waals surface area contributed by atoms with Crippen LogP contribution in [-0.4, -0.2) is 45.4 Å². The Hall–Kier alpha value is -1.70. The van der Waals surface area contributed by atoms with Crippen molar-refractivity contribution < 1.29 is 14.3 Å². The molecule has 0 saturated carbocycles. The number of carbonyl (C=O) groups excluding carboxylic acids is 1. The van der Waals surface area contributed by atoms with Crippen LogP contribution in [0.2, 0.25) is 5.15 Å². The van der Waals surface area contributed by atoms with E-state index in [-0.39, 0.29) is 12.2 Å². The zero-order valence-corrected chi connectivity index (χ0v) is 15.6. The molecule has 0 amide bonds. The van der Waals surface area contributed by atoms with E-state index in [2.05, 4.69) is 15.4 Å². The molecule has 2 aromatic rings. The second-order valence-corrected chi connectivity index (χ2v) is 7.58. The van der Waals surface area contributed by atoms with Crippen LogP contribution >= 0.6 is 11.6 Å². The molecule has 8 heteroatoms. The molecule has 1 fully saturated rings. The van der Waals surface area contributed by atoms with Gasteiger partial charge >= 0.3 is 5.97 Å². The first-order valence-electron chi connectivity index (χ1n) is 8.38. The largest absolute Gasteiger partial charge is 0.456 e. The van der Waals surface area contributed by atoms with Gasteiger partial charge in [-0.25, -0.2) is 14.3 Å². The summed E-state index contributed by atoms with van der Waals surface area (Å²) in [7, 11) is 0. The smallest absolute Gasteiger partial charge is 0.342 e. The number of hydrogen-bond donors (Lipinski definition) is 1. The Morgan fingerprint density at radius 3 is 2.88 bits per heavy atom. The summed E-state index contributed by atoms with van der Waals surface area (Å²) >= 11 is 6.03. The van der Waals surface area contributed by atoms with Crippen LogP contribution in [0.25, 0.3) is 5.65 Å². The van der Waals surface area contributed by atoms with Gasteiger partial charge in [-0.2, -0.15) is 5.10 Å². The predicted molar refractivity (Wildman–Crippen MR) is 93.9 cm³/mol. The molecular formula is C17H23ClN4O3. The van der Waals surface area contributed by atoms with Crippen molar-refractivity contribution in [2.45, 2.75) is 51.9 Å². The lowest BCUT2D eigenvalue weighted by molar-refractivity contribution is -0.00234. The van der Waals surface area contributed by atoms with E-state index in [1.165, 1.54) is 6.20 Å². The molecule has 0 bridgehead atoms. The fourth-order valence-corrected chi connectivity index (χ4v) is 3.08. The molecule has 3 heterocycles. The maximum atomic E-state index is 12.7. The highest BCUT2D eigenvalue weighted by Gasteiger charge is 2.28. The van der Waals surface area contributed by atoms with Crippen LogP contribution in [0.5, 0.6) is 0 Å². The van der Waals surface area contributed by atoms with Crippen molar-refractivity contribution in [3.05, 3.63) is 28.7 Å². The summed E-state index contributed by atoms with van der Waals surface area (Å²) in [5, 5.41) is 7.84. The van der Waals surface area contributed by atoms with Crippen LogP contribution in [0.4, 0.5) is 0 Å². The second kappa shape index (κ2) is 6.90. The minimum Gasteiger partial charge on any atom is -0.456 e. The molecule has 0 aromatic carbocycles. The van der Waals surface area contributed by atoms with E-state index in [1.54, 1.807) is 10.6 Å². The molecule has 1 N–H and O–H groups in total. The molecule has 1 aliphatic rings. The average molecular weight is 367 g/mol. The maximum Gasteiger partial charge on any atom is 0.342 e. The van der Waals surface area contributed by atoms with Crippen LogP contribution in [0, 0.1) is 0 Å². The zero-order valence-electron chi connectivity index (χ0n) is 14.9. The summed E-state index contributed by atoms with van der Waals surface area (Å²) < 4.78 is 13.2. The Bertz CT molecular complexity index is 778. The van der Waals surface area contributed by atoms with Crippen molar-refractivity contribution in [2.75, 3.05) is 13.1 Å². The molecule has 136 valence electrons. The summed E-state index contributed by atoms with van der Waals surface area (Å²) in [6.07, 6.45) is 2.16. The summed E-state index contributed by atoms with van der Waals surface area (Å²) in [4.78, 5) is 16.9. The van der Waals surface area contributed by atoms with Crippen LogP contribution in [0.15, 0.2) is 12.3 Å². The first-order valence-corrected chi connectivity index (χ1v) is 8.76. The van der Waals surface area contributed by atoms with Gasteiger partial charge in [-0.1, -0.05) is 11.6 Å². The molecule has 0 spiro atoms.